The molecule has 1 saturated carbocycles. The maximum absolute atomic E-state index is 12.8. The molecule has 2 heterocycles. The second-order valence-electron chi connectivity index (χ2n) is 8.66. The summed E-state index contributed by atoms with van der Waals surface area (Å²) in [5, 5.41) is 14.3. The van der Waals surface area contributed by atoms with Crippen molar-refractivity contribution >= 4 is 33.3 Å². The van der Waals surface area contributed by atoms with Gasteiger partial charge in [0.15, 0.2) is 0 Å². The zero-order chi connectivity index (χ0) is 25.1. The number of sulfone groups is 1. The minimum atomic E-state index is -3.07. The number of nitrogens with zero attached hydrogens (tertiary/aromatic N) is 3. The average molecular weight is 494 g/mol. The Bertz CT molecular complexity index is 1320. The highest BCUT2D eigenvalue weighted by Crippen LogP contribution is 2.44. The molecule has 35 heavy (non-hydrogen) atoms. The number of hydrogen-bond donors (Lipinski definition) is 4. The Labute approximate surface area is 203 Å². The van der Waals surface area contributed by atoms with Gasteiger partial charge in [0.1, 0.15) is 21.5 Å². The molecule has 0 atom stereocenters. The number of amidine groups is 1. The summed E-state index contributed by atoms with van der Waals surface area (Å²) in [5.41, 5.74) is 8.10. The monoisotopic (exact) mass is 493 g/mol. The Balaban J connectivity index is 1.41. The molecule has 1 fully saturated rings. The quantitative estimate of drug-likeness (QED) is 0.274. The fraction of sp³-hybridized carbons (Fsp3) is 0.292. The molecule has 0 saturated heterocycles. The maximum atomic E-state index is 12.8. The molecule has 0 radical (unpaired) electrons. The Hall–Kier alpha value is -3.86. The lowest BCUT2D eigenvalue weighted by Crippen LogP contribution is -2.50. The minimum absolute atomic E-state index is 0.00903. The van der Waals surface area contributed by atoms with Crippen molar-refractivity contribution in [2.45, 2.75) is 24.7 Å². The van der Waals surface area contributed by atoms with Crippen molar-refractivity contribution < 1.29 is 13.2 Å². The third-order valence-electron chi connectivity index (χ3n) is 6.17. The van der Waals surface area contributed by atoms with Gasteiger partial charge in [-0.1, -0.05) is 30.7 Å². The van der Waals surface area contributed by atoms with Gasteiger partial charge >= 0.3 is 0 Å². The predicted molar refractivity (Wildman–Crippen MR) is 135 cm³/mol. The SMILES string of the molecule is CS(=O)(=O)CCNc1ccc(C(=O)NC(=N)C2(c3ccc(-c4cnc(N)nc4)cc3)CCC2)cn1. The van der Waals surface area contributed by atoms with Gasteiger partial charge in [-0.25, -0.2) is 23.4 Å². The molecule has 0 spiro atoms. The molecule has 1 aliphatic rings. The van der Waals surface area contributed by atoms with Gasteiger partial charge in [0.05, 0.1) is 16.7 Å². The molecule has 5 N–H and O–H groups in total. The Morgan fingerprint density at radius 2 is 1.71 bits per heavy atom. The fourth-order valence-corrected chi connectivity index (χ4v) is 4.46. The molecule has 4 rings (SSSR count). The first kappa shape index (κ1) is 24.3. The van der Waals surface area contributed by atoms with E-state index in [-0.39, 0.29) is 24.1 Å². The minimum Gasteiger partial charge on any atom is -0.369 e. The molecule has 1 aromatic carbocycles. The van der Waals surface area contributed by atoms with Crippen LogP contribution in [0.1, 0.15) is 35.2 Å². The number of aromatic nitrogens is 3. The van der Waals surface area contributed by atoms with Gasteiger partial charge in [0.25, 0.3) is 5.91 Å². The molecular weight excluding hydrogens is 466 g/mol. The van der Waals surface area contributed by atoms with Crippen LogP contribution < -0.4 is 16.4 Å². The lowest BCUT2D eigenvalue weighted by atomic mass is 9.63. The Morgan fingerprint density at radius 1 is 1.03 bits per heavy atom. The van der Waals surface area contributed by atoms with Crippen molar-refractivity contribution in [3.63, 3.8) is 0 Å². The standard InChI is InChI=1S/C24H27N7O3S/c1-35(33,34)12-11-27-20-8-5-17(13-28-20)21(32)31-22(25)24(9-2-10-24)19-6-3-16(4-7-19)18-14-29-23(26)30-15-18/h3-8,13-15H,2,9-12H2,1H3,(H,27,28)(H2,25,31,32)(H2,26,29,30). The van der Waals surface area contributed by atoms with Crippen LogP contribution in [0.4, 0.5) is 11.8 Å². The number of benzene rings is 1. The van der Waals surface area contributed by atoms with Gasteiger partial charge in [-0.15, -0.1) is 0 Å². The number of nitrogen functional groups attached to an aromatic ring is 1. The molecule has 0 aliphatic heterocycles. The fourth-order valence-electron chi connectivity index (χ4n) is 3.98. The largest absolute Gasteiger partial charge is 0.369 e. The average Bonchev–Trinajstić information content (AvgIpc) is 2.79. The molecule has 2 aromatic heterocycles. The molecule has 3 aromatic rings. The van der Waals surface area contributed by atoms with Gasteiger partial charge in [-0.3, -0.25) is 10.2 Å². The van der Waals surface area contributed by atoms with E-state index in [4.69, 9.17) is 11.1 Å². The van der Waals surface area contributed by atoms with Gasteiger partial charge in [-0.2, -0.15) is 0 Å². The highest BCUT2D eigenvalue weighted by molar-refractivity contribution is 7.90. The van der Waals surface area contributed by atoms with Crippen LogP contribution in [0.25, 0.3) is 11.1 Å². The van der Waals surface area contributed by atoms with Crippen LogP contribution in [0.2, 0.25) is 0 Å². The molecule has 0 unspecified atom stereocenters. The van der Waals surface area contributed by atoms with Crippen molar-refractivity contribution in [2.75, 3.05) is 29.6 Å². The number of rotatable bonds is 8. The summed E-state index contributed by atoms with van der Waals surface area (Å²) in [4.78, 5) is 25.0. The number of carbonyl (C=O) groups excluding carboxylic acids is 1. The molecule has 10 nitrogen and oxygen atoms in total. The lowest BCUT2D eigenvalue weighted by Gasteiger charge is -2.42. The van der Waals surface area contributed by atoms with E-state index in [1.54, 1.807) is 24.5 Å². The van der Waals surface area contributed by atoms with E-state index >= 15 is 0 Å². The van der Waals surface area contributed by atoms with Crippen molar-refractivity contribution in [1.29, 1.82) is 5.41 Å². The van der Waals surface area contributed by atoms with Gasteiger partial charge in [-0.05, 0) is 36.1 Å². The molecular formula is C24H27N7O3S. The molecule has 1 aliphatic carbocycles. The van der Waals surface area contributed by atoms with Crippen molar-refractivity contribution in [1.82, 2.24) is 20.3 Å². The van der Waals surface area contributed by atoms with Crippen LogP contribution in [0.5, 0.6) is 0 Å². The van der Waals surface area contributed by atoms with E-state index in [9.17, 15) is 13.2 Å². The molecule has 1 amide bonds. The van der Waals surface area contributed by atoms with E-state index in [2.05, 4.69) is 25.6 Å². The van der Waals surface area contributed by atoms with Crippen LogP contribution in [0, 0.1) is 5.41 Å². The first-order valence-electron chi connectivity index (χ1n) is 11.1. The van der Waals surface area contributed by atoms with E-state index in [0.717, 1.165) is 36.0 Å². The second-order valence-corrected chi connectivity index (χ2v) is 10.9. The van der Waals surface area contributed by atoms with Gasteiger partial charge < -0.3 is 16.4 Å². The van der Waals surface area contributed by atoms with E-state index in [1.807, 2.05) is 24.3 Å². The number of anilines is 2. The summed E-state index contributed by atoms with van der Waals surface area (Å²) in [6, 6.07) is 11.1. The van der Waals surface area contributed by atoms with Crippen molar-refractivity contribution in [2.24, 2.45) is 0 Å². The zero-order valence-electron chi connectivity index (χ0n) is 19.3. The summed E-state index contributed by atoms with van der Waals surface area (Å²) in [7, 11) is -3.07. The summed E-state index contributed by atoms with van der Waals surface area (Å²) < 4.78 is 22.5. The van der Waals surface area contributed by atoms with Crippen LogP contribution in [-0.4, -0.2) is 53.7 Å². The summed E-state index contributed by atoms with van der Waals surface area (Å²) >= 11 is 0. The number of nitrogens with one attached hydrogen (secondary N) is 3. The molecule has 182 valence electrons. The smallest absolute Gasteiger partial charge is 0.258 e. The number of amides is 1. The predicted octanol–water partition coefficient (Wildman–Crippen LogP) is 2.41. The zero-order valence-corrected chi connectivity index (χ0v) is 20.1. The van der Waals surface area contributed by atoms with Crippen LogP contribution in [0.3, 0.4) is 0 Å². The number of hydrogen-bond acceptors (Lipinski definition) is 9. The van der Waals surface area contributed by atoms with Crippen LogP contribution >= 0.6 is 0 Å². The van der Waals surface area contributed by atoms with Crippen molar-refractivity contribution in [3.05, 3.63) is 66.1 Å². The third kappa shape index (κ3) is 5.62. The number of nitrogens with two attached hydrogens (primary N) is 1. The van der Waals surface area contributed by atoms with E-state index < -0.39 is 21.2 Å². The first-order valence-corrected chi connectivity index (χ1v) is 13.2. The summed E-state index contributed by atoms with van der Waals surface area (Å²) in [5.74, 6) is 0.434. The van der Waals surface area contributed by atoms with E-state index in [0.29, 0.717) is 11.4 Å². The maximum Gasteiger partial charge on any atom is 0.258 e. The number of carbonyl (C=O) groups is 1. The van der Waals surface area contributed by atoms with Crippen molar-refractivity contribution in [3.8, 4) is 11.1 Å². The van der Waals surface area contributed by atoms with Crippen LogP contribution in [-0.2, 0) is 15.3 Å². The lowest BCUT2D eigenvalue weighted by molar-refractivity contribution is 0.0971. The highest BCUT2D eigenvalue weighted by atomic mass is 32.2. The first-order chi connectivity index (χ1) is 16.7. The van der Waals surface area contributed by atoms with Gasteiger partial charge in [0, 0.05) is 37.0 Å². The Morgan fingerprint density at radius 3 is 2.26 bits per heavy atom. The topological polar surface area (TPSA) is 164 Å². The Kier molecular flexibility index (Phi) is 6.79. The highest BCUT2D eigenvalue weighted by Gasteiger charge is 2.43. The molecule has 11 heteroatoms. The van der Waals surface area contributed by atoms with E-state index in [1.165, 1.54) is 12.5 Å². The van der Waals surface area contributed by atoms with Gasteiger partial charge in [0.2, 0.25) is 5.95 Å². The third-order valence-corrected chi connectivity index (χ3v) is 7.12. The normalized spacial score (nSPS) is 14.5. The second kappa shape index (κ2) is 9.79. The molecule has 0 bridgehead atoms. The van der Waals surface area contributed by atoms with Crippen LogP contribution in [0.15, 0.2) is 55.0 Å². The summed E-state index contributed by atoms with van der Waals surface area (Å²) in [6.45, 7) is 0.231. The number of pyridine rings is 1. The summed E-state index contributed by atoms with van der Waals surface area (Å²) in [6.07, 6.45) is 8.43.